The summed E-state index contributed by atoms with van der Waals surface area (Å²) in [5.41, 5.74) is 8.21. The molecule has 4 heteroatoms. The van der Waals surface area contributed by atoms with Crippen LogP contribution in [0.2, 0.25) is 5.02 Å². The maximum Gasteiger partial charge on any atom is 0.142 e. The molecule has 0 bridgehead atoms. The second-order valence-electron chi connectivity index (χ2n) is 4.32. The summed E-state index contributed by atoms with van der Waals surface area (Å²) in [5.74, 6) is 0.866. The largest absolute Gasteiger partial charge is 0.495 e. The molecule has 0 saturated carbocycles. The molecule has 0 aliphatic carbocycles. The number of nitrogens with two attached hydrogens (primary N) is 1. The number of likely N-dealkylation sites (N-methyl/N-ethyl adjacent to an activating group) is 1. The summed E-state index contributed by atoms with van der Waals surface area (Å²) in [6, 6.07) is 4.19. The molecule has 2 unspecified atom stereocenters. The Morgan fingerprint density at radius 2 is 2.25 bits per heavy atom. The highest BCUT2D eigenvalue weighted by Gasteiger charge is 2.33. The van der Waals surface area contributed by atoms with Gasteiger partial charge in [-0.1, -0.05) is 11.6 Å². The van der Waals surface area contributed by atoms with E-state index >= 15 is 0 Å². The van der Waals surface area contributed by atoms with Crippen molar-refractivity contribution in [3.05, 3.63) is 22.7 Å². The Labute approximate surface area is 101 Å². The monoisotopic (exact) mass is 240 g/mol. The van der Waals surface area contributed by atoms with Crippen molar-refractivity contribution in [2.75, 3.05) is 19.1 Å². The van der Waals surface area contributed by atoms with Crippen LogP contribution < -0.4 is 15.4 Å². The van der Waals surface area contributed by atoms with E-state index in [9.17, 15) is 0 Å². The van der Waals surface area contributed by atoms with E-state index in [-0.39, 0.29) is 6.04 Å². The molecule has 0 amide bonds. The minimum Gasteiger partial charge on any atom is -0.495 e. The van der Waals surface area contributed by atoms with Gasteiger partial charge in [-0.2, -0.15) is 0 Å². The first-order valence-electron chi connectivity index (χ1n) is 5.40. The van der Waals surface area contributed by atoms with E-state index in [1.807, 2.05) is 26.1 Å². The van der Waals surface area contributed by atoms with Gasteiger partial charge in [0, 0.05) is 24.2 Å². The highest BCUT2D eigenvalue weighted by molar-refractivity contribution is 6.32. The standard InChI is InChI=1S/C12H17ClN2O/c1-7(14)10-6-8-9(13)4-5-11(16-3)12(8)15(10)2/h4-5,7,10H,6,14H2,1-3H3. The SMILES string of the molecule is COc1ccc(Cl)c2c1N(C)C(C(C)N)C2. The number of rotatable bonds is 2. The molecule has 1 aliphatic heterocycles. The number of halogens is 1. The molecule has 0 spiro atoms. The summed E-state index contributed by atoms with van der Waals surface area (Å²) >= 11 is 6.21. The van der Waals surface area contributed by atoms with Crippen molar-refractivity contribution in [2.24, 2.45) is 5.73 Å². The summed E-state index contributed by atoms with van der Waals surface area (Å²) in [6.45, 7) is 2.02. The van der Waals surface area contributed by atoms with Gasteiger partial charge in [0.25, 0.3) is 0 Å². The van der Waals surface area contributed by atoms with Gasteiger partial charge in [-0.15, -0.1) is 0 Å². The predicted octanol–water partition coefficient (Wildman–Crippen LogP) is 2.06. The van der Waals surface area contributed by atoms with Crippen molar-refractivity contribution < 1.29 is 4.74 Å². The van der Waals surface area contributed by atoms with E-state index in [0.29, 0.717) is 6.04 Å². The first kappa shape index (κ1) is 11.6. The van der Waals surface area contributed by atoms with Gasteiger partial charge in [-0.05, 0) is 31.0 Å². The topological polar surface area (TPSA) is 38.5 Å². The molecule has 1 aliphatic rings. The zero-order valence-corrected chi connectivity index (χ0v) is 10.6. The minimum atomic E-state index is 0.109. The molecule has 1 aromatic rings. The fourth-order valence-corrected chi connectivity index (χ4v) is 2.62. The van der Waals surface area contributed by atoms with Crippen LogP contribution in [-0.4, -0.2) is 26.2 Å². The minimum absolute atomic E-state index is 0.109. The van der Waals surface area contributed by atoms with Crippen LogP contribution in [0.25, 0.3) is 0 Å². The van der Waals surface area contributed by atoms with Crippen molar-refractivity contribution >= 4 is 17.3 Å². The second kappa shape index (κ2) is 4.15. The third kappa shape index (κ3) is 1.64. The van der Waals surface area contributed by atoms with Crippen LogP contribution in [0.15, 0.2) is 12.1 Å². The van der Waals surface area contributed by atoms with Gasteiger partial charge in [-0.3, -0.25) is 0 Å². The van der Waals surface area contributed by atoms with Gasteiger partial charge in [0.1, 0.15) is 5.75 Å². The third-order valence-corrected chi connectivity index (χ3v) is 3.63. The Morgan fingerprint density at radius 3 is 2.81 bits per heavy atom. The zero-order valence-electron chi connectivity index (χ0n) is 9.83. The van der Waals surface area contributed by atoms with E-state index in [4.69, 9.17) is 22.1 Å². The first-order valence-corrected chi connectivity index (χ1v) is 5.77. The van der Waals surface area contributed by atoms with Crippen LogP contribution >= 0.6 is 11.6 Å². The van der Waals surface area contributed by atoms with Gasteiger partial charge in [0.2, 0.25) is 0 Å². The molecule has 0 radical (unpaired) electrons. The Kier molecular flexibility index (Phi) is 3.00. The number of hydrogen-bond donors (Lipinski definition) is 1. The highest BCUT2D eigenvalue weighted by Crippen LogP contribution is 2.43. The van der Waals surface area contributed by atoms with Crippen molar-refractivity contribution in [2.45, 2.75) is 25.4 Å². The molecule has 0 saturated heterocycles. The van der Waals surface area contributed by atoms with Gasteiger partial charge in [0.15, 0.2) is 0 Å². The molecule has 1 aromatic carbocycles. The summed E-state index contributed by atoms with van der Waals surface area (Å²) in [6.07, 6.45) is 0.888. The average Bonchev–Trinajstić information content (AvgIpc) is 2.59. The van der Waals surface area contributed by atoms with E-state index in [1.54, 1.807) is 7.11 Å². The van der Waals surface area contributed by atoms with E-state index in [2.05, 4.69) is 4.90 Å². The Hall–Kier alpha value is -0.930. The summed E-state index contributed by atoms with van der Waals surface area (Å²) in [4.78, 5) is 2.17. The van der Waals surface area contributed by atoms with Crippen LogP contribution in [0.5, 0.6) is 5.75 Å². The highest BCUT2D eigenvalue weighted by atomic mass is 35.5. The summed E-state index contributed by atoms with van der Waals surface area (Å²) in [5, 5.41) is 0.797. The van der Waals surface area contributed by atoms with Crippen LogP contribution in [-0.2, 0) is 6.42 Å². The molecular weight excluding hydrogens is 224 g/mol. The third-order valence-electron chi connectivity index (χ3n) is 3.28. The number of anilines is 1. The fraction of sp³-hybridized carbons (Fsp3) is 0.500. The molecule has 0 aromatic heterocycles. The maximum absolute atomic E-state index is 6.21. The lowest BCUT2D eigenvalue weighted by molar-refractivity contribution is 0.414. The molecule has 2 N–H and O–H groups in total. The Balaban J connectivity index is 2.49. The molecule has 16 heavy (non-hydrogen) atoms. The quantitative estimate of drug-likeness (QED) is 0.860. The number of fused-ring (bicyclic) bond motifs is 1. The number of ether oxygens (including phenoxy) is 1. The predicted molar refractivity (Wildman–Crippen MR) is 67.5 cm³/mol. The zero-order chi connectivity index (χ0) is 11.9. The molecule has 1 heterocycles. The smallest absolute Gasteiger partial charge is 0.142 e. The number of benzene rings is 1. The van der Waals surface area contributed by atoms with Gasteiger partial charge >= 0.3 is 0 Å². The average molecular weight is 241 g/mol. The van der Waals surface area contributed by atoms with Gasteiger partial charge in [-0.25, -0.2) is 0 Å². The number of methoxy groups -OCH3 is 1. The van der Waals surface area contributed by atoms with Gasteiger partial charge in [0.05, 0.1) is 12.8 Å². The molecule has 2 atom stereocenters. The lowest BCUT2D eigenvalue weighted by Gasteiger charge is -2.26. The first-order chi connectivity index (χ1) is 7.56. The van der Waals surface area contributed by atoms with Crippen LogP contribution in [0.1, 0.15) is 12.5 Å². The molecule has 2 rings (SSSR count). The lowest BCUT2D eigenvalue weighted by Crippen LogP contribution is -2.42. The van der Waals surface area contributed by atoms with Crippen LogP contribution in [0.4, 0.5) is 5.69 Å². The summed E-state index contributed by atoms with van der Waals surface area (Å²) in [7, 11) is 3.72. The number of nitrogens with zero attached hydrogens (tertiary/aromatic N) is 1. The molecule has 3 nitrogen and oxygen atoms in total. The molecular formula is C12H17ClN2O. The van der Waals surface area contributed by atoms with E-state index in [1.165, 1.54) is 0 Å². The van der Waals surface area contributed by atoms with Crippen molar-refractivity contribution in [1.29, 1.82) is 0 Å². The number of hydrogen-bond acceptors (Lipinski definition) is 3. The normalized spacial score (nSPS) is 20.8. The summed E-state index contributed by atoms with van der Waals surface area (Å²) < 4.78 is 5.37. The second-order valence-corrected chi connectivity index (χ2v) is 4.73. The van der Waals surface area contributed by atoms with Crippen LogP contribution in [0.3, 0.4) is 0 Å². The van der Waals surface area contributed by atoms with Gasteiger partial charge < -0.3 is 15.4 Å². The molecule has 0 fully saturated rings. The van der Waals surface area contributed by atoms with Crippen molar-refractivity contribution in [1.82, 2.24) is 0 Å². The lowest BCUT2D eigenvalue weighted by atomic mass is 10.1. The van der Waals surface area contributed by atoms with E-state index in [0.717, 1.165) is 28.4 Å². The maximum atomic E-state index is 6.21. The molecule has 88 valence electrons. The van der Waals surface area contributed by atoms with E-state index < -0.39 is 0 Å². The fourth-order valence-electron chi connectivity index (χ4n) is 2.39. The van der Waals surface area contributed by atoms with Crippen LogP contribution in [0, 0.1) is 0 Å². The van der Waals surface area contributed by atoms with Crippen molar-refractivity contribution in [3.63, 3.8) is 0 Å². The Morgan fingerprint density at radius 1 is 1.56 bits per heavy atom. The Bertz CT molecular complexity index is 406. The van der Waals surface area contributed by atoms with Crippen molar-refractivity contribution in [3.8, 4) is 5.75 Å².